The van der Waals surface area contributed by atoms with Crippen molar-refractivity contribution in [3.05, 3.63) is 34.9 Å². The van der Waals surface area contributed by atoms with Crippen LogP contribution in [0.5, 0.6) is 0 Å². The quantitative estimate of drug-likeness (QED) is 0.647. The average molecular weight is 174 g/mol. The normalized spacial score (nSPS) is 14.7. The van der Waals surface area contributed by atoms with E-state index >= 15 is 0 Å². The third-order valence-corrected chi connectivity index (χ3v) is 2.06. The molecule has 1 rings (SSSR count). The minimum Gasteiger partial charge on any atom is -0.374 e. The first-order valence-electron chi connectivity index (χ1n) is 4.24. The third kappa shape index (κ3) is 2.11. The van der Waals surface area contributed by atoms with Crippen LogP contribution in [0, 0.1) is 26.2 Å². The van der Waals surface area contributed by atoms with Gasteiger partial charge in [0.2, 0.25) is 0 Å². The predicted molar refractivity (Wildman–Crippen MR) is 54.3 cm³/mol. The smallest absolute Gasteiger partial charge is 0.147 e. The van der Waals surface area contributed by atoms with E-state index < -0.39 is 5.60 Å². The van der Waals surface area contributed by atoms with Gasteiger partial charge >= 0.3 is 0 Å². The number of aryl methyl sites for hydroxylation is 2. The fraction of sp³-hybridized carbons (Fsp3) is 0.333. The van der Waals surface area contributed by atoms with E-state index in [2.05, 4.69) is 12.0 Å². The van der Waals surface area contributed by atoms with Crippen molar-refractivity contribution in [1.29, 1.82) is 0 Å². The minimum atomic E-state index is -1.16. The molecule has 1 nitrogen and oxygen atoms in total. The van der Waals surface area contributed by atoms with Crippen LogP contribution >= 0.6 is 0 Å². The molecule has 0 aliphatic carbocycles. The Morgan fingerprint density at radius 1 is 1.23 bits per heavy atom. The highest BCUT2D eigenvalue weighted by Gasteiger charge is 2.19. The molecular weight excluding hydrogens is 160 g/mol. The van der Waals surface area contributed by atoms with Crippen molar-refractivity contribution in [2.45, 2.75) is 26.4 Å². The van der Waals surface area contributed by atoms with E-state index in [0.717, 1.165) is 16.7 Å². The standard InChI is InChI=1S/C12H14O/c1-5-12(4,13)11-7-9(2)6-10(3)8-11/h1,6-8,13H,2-4H3. The summed E-state index contributed by atoms with van der Waals surface area (Å²) in [4.78, 5) is 0. The van der Waals surface area contributed by atoms with Crippen LogP contribution in [0.3, 0.4) is 0 Å². The van der Waals surface area contributed by atoms with Gasteiger partial charge in [-0.1, -0.05) is 35.2 Å². The highest BCUT2D eigenvalue weighted by molar-refractivity contribution is 5.36. The van der Waals surface area contributed by atoms with Crippen LogP contribution in [-0.4, -0.2) is 5.11 Å². The third-order valence-electron chi connectivity index (χ3n) is 2.06. The Labute approximate surface area is 79.4 Å². The summed E-state index contributed by atoms with van der Waals surface area (Å²) >= 11 is 0. The maximum atomic E-state index is 9.81. The minimum absolute atomic E-state index is 0.785. The SMILES string of the molecule is C#CC(C)(O)c1cc(C)cc(C)c1. The monoisotopic (exact) mass is 174 g/mol. The first-order chi connectivity index (χ1) is 5.95. The molecule has 1 aromatic rings. The zero-order valence-corrected chi connectivity index (χ0v) is 8.26. The van der Waals surface area contributed by atoms with Gasteiger partial charge in [-0.2, -0.15) is 0 Å². The molecule has 13 heavy (non-hydrogen) atoms. The summed E-state index contributed by atoms with van der Waals surface area (Å²) in [6, 6.07) is 5.87. The lowest BCUT2D eigenvalue weighted by atomic mass is 9.94. The zero-order valence-electron chi connectivity index (χ0n) is 8.26. The molecule has 1 unspecified atom stereocenters. The van der Waals surface area contributed by atoms with E-state index in [4.69, 9.17) is 6.42 Å². The summed E-state index contributed by atoms with van der Waals surface area (Å²) in [7, 11) is 0. The van der Waals surface area contributed by atoms with Crippen LogP contribution in [-0.2, 0) is 5.60 Å². The van der Waals surface area contributed by atoms with Crippen LogP contribution in [0.4, 0.5) is 0 Å². The molecule has 0 amide bonds. The Balaban J connectivity index is 3.25. The van der Waals surface area contributed by atoms with Gasteiger partial charge in [-0.3, -0.25) is 0 Å². The van der Waals surface area contributed by atoms with Gasteiger partial charge in [-0.15, -0.1) is 6.42 Å². The second-order valence-corrected chi connectivity index (χ2v) is 3.59. The van der Waals surface area contributed by atoms with Crippen LogP contribution in [0.2, 0.25) is 0 Å². The number of terminal acetylenes is 1. The maximum absolute atomic E-state index is 9.81. The Bertz CT molecular complexity index is 336. The van der Waals surface area contributed by atoms with E-state index in [-0.39, 0.29) is 0 Å². The van der Waals surface area contributed by atoms with Crippen molar-refractivity contribution in [3.63, 3.8) is 0 Å². The molecule has 1 N–H and O–H groups in total. The van der Waals surface area contributed by atoms with Crippen molar-refractivity contribution in [2.75, 3.05) is 0 Å². The Kier molecular flexibility index (Phi) is 2.45. The molecule has 0 saturated carbocycles. The van der Waals surface area contributed by atoms with Gasteiger partial charge in [0.05, 0.1) is 0 Å². The second kappa shape index (κ2) is 3.24. The molecule has 0 spiro atoms. The molecule has 0 aliphatic rings. The molecule has 0 heterocycles. The average Bonchev–Trinajstić information content (AvgIpc) is 2.02. The fourth-order valence-electron chi connectivity index (χ4n) is 1.34. The summed E-state index contributed by atoms with van der Waals surface area (Å²) in [6.07, 6.45) is 5.24. The van der Waals surface area contributed by atoms with Crippen LogP contribution in [0.25, 0.3) is 0 Å². The summed E-state index contributed by atoms with van der Waals surface area (Å²) in [5.41, 5.74) is 1.86. The summed E-state index contributed by atoms with van der Waals surface area (Å²) in [5, 5.41) is 9.81. The Hall–Kier alpha value is -1.26. The second-order valence-electron chi connectivity index (χ2n) is 3.59. The zero-order chi connectivity index (χ0) is 10.1. The van der Waals surface area contributed by atoms with E-state index in [1.165, 1.54) is 0 Å². The summed E-state index contributed by atoms with van der Waals surface area (Å²) in [6.45, 7) is 5.60. The van der Waals surface area contributed by atoms with Crippen molar-refractivity contribution in [2.24, 2.45) is 0 Å². The molecule has 68 valence electrons. The molecule has 0 saturated heterocycles. The van der Waals surface area contributed by atoms with Gasteiger partial charge in [0.25, 0.3) is 0 Å². The highest BCUT2D eigenvalue weighted by Crippen LogP contribution is 2.21. The molecule has 0 aliphatic heterocycles. The van der Waals surface area contributed by atoms with Gasteiger partial charge in [-0.05, 0) is 26.3 Å². The van der Waals surface area contributed by atoms with Crippen molar-refractivity contribution in [1.82, 2.24) is 0 Å². The number of hydrogen-bond donors (Lipinski definition) is 1. The largest absolute Gasteiger partial charge is 0.374 e. The number of hydrogen-bond acceptors (Lipinski definition) is 1. The fourth-order valence-corrected chi connectivity index (χ4v) is 1.34. The van der Waals surface area contributed by atoms with Crippen molar-refractivity contribution >= 4 is 0 Å². The van der Waals surface area contributed by atoms with E-state index in [0.29, 0.717) is 0 Å². The van der Waals surface area contributed by atoms with Crippen LogP contribution < -0.4 is 0 Å². The van der Waals surface area contributed by atoms with Crippen LogP contribution in [0.1, 0.15) is 23.6 Å². The number of rotatable bonds is 1. The maximum Gasteiger partial charge on any atom is 0.147 e. The lowest BCUT2D eigenvalue weighted by Crippen LogP contribution is -2.18. The summed E-state index contributed by atoms with van der Waals surface area (Å²) in [5.74, 6) is 2.37. The molecule has 0 fully saturated rings. The molecule has 0 radical (unpaired) electrons. The lowest BCUT2D eigenvalue weighted by molar-refractivity contribution is 0.122. The Morgan fingerprint density at radius 3 is 2.08 bits per heavy atom. The summed E-state index contributed by atoms with van der Waals surface area (Å²) < 4.78 is 0. The predicted octanol–water partition coefficient (Wildman–Crippen LogP) is 2.14. The Morgan fingerprint density at radius 2 is 1.69 bits per heavy atom. The lowest BCUT2D eigenvalue weighted by Gasteiger charge is -2.17. The van der Waals surface area contributed by atoms with Gasteiger partial charge in [0, 0.05) is 0 Å². The van der Waals surface area contributed by atoms with Crippen LogP contribution in [0.15, 0.2) is 18.2 Å². The molecule has 1 aromatic carbocycles. The molecule has 1 heteroatoms. The van der Waals surface area contributed by atoms with Gasteiger partial charge in [0.15, 0.2) is 0 Å². The highest BCUT2D eigenvalue weighted by atomic mass is 16.3. The molecule has 0 bridgehead atoms. The van der Waals surface area contributed by atoms with Crippen molar-refractivity contribution in [3.8, 4) is 12.3 Å². The van der Waals surface area contributed by atoms with E-state index in [1.807, 2.05) is 26.0 Å². The van der Waals surface area contributed by atoms with Gasteiger partial charge in [-0.25, -0.2) is 0 Å². The number of aliphatic hydroxyl groups is 1. The van der Waals surface area contributed by atoms with Gasteiger partial charge in [0.1, 0.15) is 5.60 Å². The molecular formula is C12H14O. The van der Waals surface area contributed by atoms with Crippen molar-refractivity contribution < 1.29 is 5.11 Å². The molecule has 0 aromatic heterocycles. The van der Waals surface area contributed by atoms with E-state index in [9.17, 15) is 5.11 Å². The first kappa shape index (κ1) is 9.83. The number of benzene rings is 1. The first-order valence-corrected chi connectivity index (χ1v) is 4.24. The van der Waals surface area contributed by atoms with Gasteiger partial charge < -0.3 is 5.11 Å². The van der Waals surface area contributed by atoms with E-state index in [1.54, 1.807) is 6.92 Å². The molecule has 1 atom stereocenters. The topological polar surface area (TPSA) is 20.2 Å².